The van der Waals surface area contributed by atoms with Gasteiger partial charge in [-0.15, -0.1) is 0 Å². The van der Waals surface area contributed by atoms with E-state index in [0.29, 0.717) is 11.4 Å². The van der Waals surface area contributed by atoms with E-state index in [9.17, 15) is 19.8 Å². The first-order valence-electron chi connectivity index (χ1n) is 12.3. The van der Waals surface area contributed by atoms with Crippen molar-refractivity contribution in [1.82, 2.24) is 0 Å². The number of nitrogens with one attached hydrogen (secondary N) is 2. The average Bonchev–Trinajstić information content (AvgIpc) is 2.85. The number of para-hydroxylation sites is 2. The normalized spacial score (nSPS) is 11.7. The predicted molar refractivity (Wildman–Crippen MR) is 145 cm³/mol. The van der Waals surface area contributed by atoms with Gasteiger partial charge in [0.05, 0.1) is 11.1 Å². The lowest BCUT2D eigenvalue weighted by Gasteiger charge is -2.25. The second kappa shape index (κ2) is 10.4. The highest BCUT2D eigenvalue weighted by atomic mass is 16.3. The van der Waals surface area contributed by atoms with Crippen LogP contribution in [-0.4, -0.2) is 22.0 Å². The van der Waals surface area contributed by atoms with Crippen LogP contribution in [0.4, 0.5) is 11.4 Å². The van der Waals surface area contributed by atoms with Crippen LogP contribution in [0.3, 0.4) is 0 Å². The van der Waals surface area contributed by atoms with Gasteiger partial charge in [0.15, 0.2) is 0 Å². The minimum Gasteiger partial charge on any atom is -0.507 e. The molecule has 36 heavy (non-hydrogen) atoms. The minimum absolute atomic E-state index is 0.0148. The SMILES string of the molecule is CCC(C)(C)c1cccc(C(=O)Nc2ccc(NC(=O)c3cccc(C(C)(C)CC)c3O)cc2)c1O. The van der Waals surface area contributed by atoms with Gasteiger partial charge in [-0.1, -0.05) is 65.8 Å². The fraction of sp³-hybridized carbons (Fsp3) is 0.333. The number of phenols is 2. The van der Waals surface area contributed by atoms with Gasteiger partial charge in [0.25, 0.3) is 11.8 Å². The van der Waals surface area contributed by atoms with Gasteiger partial charge in [0.2, 0.25) is 0 Å². The molecule has 0 aromatic heterocycles. The van der Waals surface area contributed by atoms with Crippen LogP contribution in [0.15, 0.2) is 60.7 Å². The molecule has 4 N–H and O–H groups in total. The largest absolute Gasteiger partial charge is 0.507 e. The number of carbonyl (C=O) groups excluding carboxylic acids is 2. The standard InChI is InChI=1S/C30H36N2O4/c1-7-29(3,4)23-13-9-11-21(25(23)33)27(35)31-19-15-17-20(18-16-19)32-28(36)22-12-10-14-24(26(22)34)30(5,6)8-2/h9-18,33-34H,7-8H2,1-6H3,(H,31,35)(H,32,36). The van der Waals surface area contributed by atoms with Crippen LogP contribution in [0.5, 0.6) is 11.5 Å². The highest BCUT2D eigenvalue weighted by Gasteiger charge is 2.26. The van der Waals surface area contributed by atoms with Crippen LogP contribution in [0.2, 0.25) is 0 Å². The summed E-state index contributed by atoms with van der Waals surface area (Å²) in [7, 11) is 0. The maximum Gasteiger partial charge on any atom is 0.259 e. The third kappa shape index (κ3) is 5.54. The maximum absolute atomic E-state index is 12.9. The highest BCUT2D eigenvalue weighted by Crippen LogP contribution is 2.37. The number of amides is 2. The summed E-state index contributed by atoms with van der Waals surface area (Å²) < 4.78 is 0. The monoisotopic (exact) mass is 488 g/mol. The van der Waals surface area contributed by atoms with Gasteiger partial charge in [0.1, 0.15) is 11.5 Å². The van der Waals surface area contributed by atoms with E-state index in [2.05, 4.69) is 10.6 Å². The Hall–Kier alpha value is -3.80. The summed E-state index contributed by atoms with van der Waals surface area (Å²) in [5.41, 5.74) is 2.38. The third-order valence-corrected chi connectivity index (χ3v) is 7.19. The van der Waals surface area contributed by atoms with Gasteiger partial charge in [-0.25, -0.2) is 0 Å². The second-order valence-electron chi connectivity index (χ2n) is 10.4. The molecular formula is C30H36N2O4. The van der Waals surface area contributed by atoms with Gasteiger partial charge in [-0.3, -0.25) is 9.59 Å². The first-order chi connectivity index (χ1) is 16.9. The van der Waals surface area contributed by atoms with E-state index in [1.807, 2.05) is 53.7 Å². The van der Waals surface area contributed by atoms with E-state index in [-0.39, 0.29) is 33.5 Å². The Kier molecular flexibility index (Phi) is 7.77. The Balaban J connectivity index is 1.74. The lowest BCUT2D eigenvalue weighted by molar-refractivity contribution is 0.101. The molecule has 6 nitrogen and oxygen atoms in total. The molecule has 3 aromatic rings. The molecule has 0 aliphatic rings. The molecule has 0 atom stereocenters. The van der Waals surface area contributed by atoms with Crippen molar-refractivity contribution in [3.63, 3.8) is 0 Å². The fourth-order valence-corrected chi connectivity index (χ4v) is 3.96. The average molecular weight is 489 g/mol. The zero-order chi connectivity index (χ0) is 26.7. The van der Waals surface area contributed by atoms with Gasteiger partial charge >= 0.3 is 0 Å². The third-order valence-electron chi connectivity index (χ3n) is 7.19. The molecule has 190 valence electrons. The minimum atomic E-state index is -0.418. The van der Waals surface area contributed by atoms with Crippen molar-refractivity contribution in [3.8, 4) is 11.5 Å². The van der Waals surface area contributed by atoms with E-state index < -0.39 is 11.8 Å². The molecule has 0 spiro atoms. The molecule has 0 radical (unpaired) electrons. The number of aromatic hydroxyl groups is 2. The predicted octanol–water partition coefficient (Wildman–Crippen LogP) is 6.98. The number of hydrogen-bond acceptors (Lipinski definition) is 4. The van der Waals surface area contributed by atoms with Gasteiger partial charge in [0, 0.05) is 22.5 Å². The zero-order valence-corrected chi connectivity index (χ0v) is 21.9. The first kappa shape index (κ1) is 26.8. The van der Waals surface area contributed by atoms with E-state index in [4.69, 9.17) is 0 Å². The summed E-state index contributed by atoms with van der Waals surface area (Å²) in [6.07, 6.45) is 1.63. The maximum atomic E-state index is 12.9. The molecule has 0 saturated heterocycles. The van der Waals surface area contributed by atoms with Crippen molar-refractivity contribution in [2.24, 2.45) is 0 Å². The summed E-state index contributed by atoms with van der Waals surface area (Å²) in [6, 6.07) is 17.1. The molecule has 0 bridgehead atoms. The zero-order valence-electron chi connectivity index (χ0n) is 21.9. The highest BCUT2D eigenvalue weighted by molar-refractivity contribution is 6.08. The Bertz CT molecular complexity index is 1160. The van der Waals surface area contributed by atoms with Crippen molar-refractivity contribution >= 4 is 23.2 Å². The summed E-state index contributed by atoms with van der Waals surface area (Å²) in [6.45, 7) is 12.2. The van der Waals surface area contributed by atoms with Gasteiger partial charge in [-0.05, 0) is 60.1 Å². The van der Waals surface area contributed by atoms with Crippen LogP contribution < -0.4 is 10.6 Å². The Morgan fingerprint density at radius 1 is 0.639 bits per heavy atom. The Morgan fingerprint density at radius 2 is 0.972 bits per heavy atom. The molecule has 0 heterocycles. The quantitative estimate of drug-likeness (QED) is 0.275. The lowest BCUT2D eigenvalue weighted by atomic mass is 9.81. The molecular weight excluding hydrogens is 452 g/mol. The molecule has 0 fully saturated rings. The summed E-state index contributed by atoms with van der Waals surface area (Å²) in [4.78, 5) is 25.7. The van der Waals surface area contributed by atoms with Gasteiger partial charge in [-0.2, -0.15) is 0 Å². The molecule has 3 aromatic carbocycles. The Labute approximate surface area is 213 Å². The number of hydrogen-bond donors (Lipinski definition) is 4. The number of phenolic OH excluding ortho intramolecular Hbond substituents is 2. The van der Waals surface area contributed by atoms with E-state index in [0.717, 1.165) is 24.0 Å². The summed E-state index contributed by atoms with van der Waals surface area (Å²) in [5.74, 6) is -0.866. The molecule has 2 amide bonds. The molecule has 0 saturated carbocycles. The van der Waals surface area contributed by atoms with Crippen LogP contribution in [-0.2, 0) is 10.8 Å². The first-order valence-corrected chi connectivity index (χ1v) is 12.3. The summed E-state index contributed by atoms with van der Waals surface area (Å²) >= 11 is 0. The van der Waals surface area contributed by atoms with E-state index in [1.54, 1.807) is 48.5 Å². The molecule has 0 aliphatic heterocycles. The van der Waals surface area contributed by atoms with Crippen molar-refractivity contribution in [2.45, 2.75) is 65.2 Å². The van der Waals surface area contributed by atoms with Crippen molar-refractivity contribution in [1.29, 1.82) is 0 Å². The number of rotatable bonds is 8. The molecule has 0 unspecified atom stereocenters. The smallest absolute Gasteiger partial charge is 0.259 e. The molecule has 0 aliphatic carbocycles. The topological polar surface area (TPSA) is 98.7 Å². The number of carbonyl (C=O) groups is 2. The molecule has 6 heteroatoms. The Morgan fingerprint density at radius 3 is 1.28 bits per heavy atom. The second-order valence-corrected chi connectivity index (χ2v) is 10.4. The van der Waals surface area contributed by atoms with Crippen molar-refractivity contribution in [3.05, 3.63) is 82.9 Å². The van der Waals surface area contributed by atoms with Gasteiger partial charge < -0.3 is 20.8 Å². The van der Waals surface area contributed by atoms with E-state index >= 15 is 0 Å². The van der Waals surface area contributed by atoms with Crippen LogP contribution in [0, 0.1) is 0 Å². The van der Waals surface area contributed by atoms with Crippen LogP contribution >= 0.6 is 0 Å². The summed E-state index contributed by atoms with van der Waals surface area (Å²) in [5, 5.41) is 27.1. The van der Waals surface area contributed by atoms with Crippen LogP contribution in [0.1, 0.15) is 86.2 Å². The van der Waals surface area contributed by atoms with Crippen molar-refractivity contribution in [2.75, 3.05) is 10.6 Å². The van der Waals surface area contributed by atoms with Crippen LogP contribution in [0.25, 0.3) is 0 Å². The number of benzene rings is 3. The number of anilines is 2. The van der Waals surface area contributed by atoms with Crippen molar-refractivity contribution < 1.29 is 19.8 Å². The van der Waals surface area contributed by atoms with E-state index in [1.165, 1.54) is 0 Å². The molecule has 3 rings (SSSR count). The lowest BCUT2D eigenvalue weighted by Crippen LogP contribution is -2.19. The fourth-order valence-electron chi connectivity index (χ4n) is 3.96.